The van der Waals surface area contributed by atoms with Crippen LogP contribution in [-0.4, -0.2) is 22.8 Å². The normalized spacial score (nSPS) is 36.1. The van der Waals surface area contributed by atoms with Gasteiger partial charge in [0.25, 0.3) is 0 Å². The van der Waals surface area contributed by atoms with Crippen LogP contribution in [0.25, 0.3) is 0 Å². The number of benzene rings is 1. The zero-order chi connectivity index (χ0) is 11.9. The lowest BCUT2D eigenvalue weighted by molar-refractivity contribution is -0.00621. The summed E-state index contributed by atoms with van der Waals surface area (Å²) in [4.78, 5) is 0. The van der Waals surface area contributed by atoms with Crippen molar-refractivity contribution in [3.8, 4) is 0 Å². The van der Waals surface area contributed by atoms with E-state index in [-0.39, 0.29) is 0 Å². The third-order valence-electron chi connectivity index (χ3n) is 4.07. The quantitative estimate of drug-likeness (QED) is 0.879. The van der Waals surface area contributed by atoms with Gasteiger partial charge in [0.05, 0.1) is 5.60 Å². The van der Waals surface area contributed by atoms with Crippen LogP contribution in [0.3, 0.4) is 0 Å². The van der Waals surface area contributed by atoms with Gasteiger partial charge in [-0.2, -0.15) is 0 Å². The summed E-state index contributed by atoms with van der Waals surface area (Å²) in [6.07, 6.45) is 5.00. The van der Waals surface area contributed by atoms with Crippen LogP contribution in [0.2, 0.25) is 0 Å². The Bertz CT molecular complexity index is 408. The minimum Gasteiger partial charge on any atom is -0.389 e. The molecule has 92 valence electrons. The number of piperidine rings is 1. The van der Waals surface area contributed by atoms with Crippen molar-refractivity contribution >= 4 is 15.9 Å². The molecule has 3 heteroatoms. The van der Waals surface area contributed by atoms with Crippen LogP contribution in [0, 0.1) is 0 Å². The predicted octanol–water partition coefficient (Wildman–Crippen LogP) is 2.64. The van der Waals surface area contributed by atoms with E-state index in [9.17, 15) is 5.11 Å². The monoisotopic (exact) mass is 295 g/mol. The summed E-state index contributed by atoms with van der Waals surface area (Å²) in [5, 5.41) is 14.3. The smallest absolute Gasteiger partial charge is 0.0718 e. The van der Waals surface area contributed by atoms with Gasteiger partial charge >= 0.3 is 0 Å². The number of fused-ring (bicyclic) bond motifs is 2. The Morgan fingerprint density at radius 2 is 1.88 bits per heavy atom. The van der Waals surface area contributed by atoms with Gasteiger partial charge in [0.1, 0.15) is 0 Å². The minimum absolute atomic E-state index is 0.513. The van der Waals surface area contributed by atoms with Gasteiger partial charge in [0, 0.05) is 23.0 Å². The molecule has 0 radical (unpaired) electrons. The third kappa shape index (κ3) is 2.42. The van der Waals surface area contributed by atoms with Crippen molar-refractivity contribution in [3.63, 3.8) is 0 Å². The highest BCUT2D eigenvalue weighted by Gasteiger charge is 2.42. The molecule has 0 amide bonds. The Morgan fingerprint density at radius 3 is 2.53 bits per heavy atom. The number of nitrogens with one attached hydrogen (secondary N) is 1. The van der Waals surface area contributed by atoms with Gasteiger partial charge in [-0.05, 0) is 37.3 Å². The molecule has 0 saturated carbocycles. The van der Waals surface area contributed by atoms with E-state index in [1.807, 2.05) is 18.2 Å². The van der Waals surface area contributed by atoms with E-state index in [4.69, 9.17) is 0 Å². The Hall–Kier alpha value is -0.380. The first-order valence-corrected chi connectivity index (χ1v) is 7.16. The molecule has 2 heterocycles. The third-order valence-corrected chi connectivity index (χ3v) is 4.84. The Morgan fingerprint density at radius 1 is 1.24 bits per heavy atom. The summed E-state index contributed by atoms with van der Waals surface area (Å²) in [7, 11) is 0. The number of halogens is 1. The second kappa shape index (κ2) is 4.38. The summed E-state index contributed by atoms with van der Waals surface area (Å²) >= 11 is 3.57. The summed E-state index contributed by atoms with van der Waals surface area (Å²) in [6, 6.07) is 9.27. The van der Waals surface area contributed by atoms with Gasteiger partial charge in [-0.1, -0.05) is 34.1 Å². The fourth-order valence-corrected chi connectivity index (χ4v) is 3.79. The van der Waals surface area contributed by atoms with Gasteiger partial charge in [0.2, 0.25) is 0 Å². The first kappa shape index (κ1) is 11.7. The molecule has 17 heavy (non-hydrogen) atoms. The number of hydrogen-bond acceptors (Lipinski definition) is 2. The molecule has 1 aromatic rings. The minimum atomic E-state index is -0.513. The molecule has 2 atom stereocenters. The van der Waals surface area contributed by atoms with Gasteiger partial charge in [-0.25, -0.2) is 0 Å². The molecule has 2 N–H and O–H groups in total. The van der Waals surface area contributed by atoms with Crippen LogP contribution in [-0.2, 0) is 6.42 Å². The predicted molar refractivity (Wildman–Crippen MR) is 72.0 cm³/mol. The first-order valence-electron chi connectivity index (χ1n) is 6.36. The zero-order valence-electron chi connectivity index (χ0n) is 9.82. The van der Waals surface area contributed by atoms with E-state index in [0.717, 1.165) is 23.7 Å². The maximum atomic E-state index is 10.8. The van der Waals surface area contributed by atoms with Gasteiger partial charge in [0.15, 0.2) is 0 Å². The summed E-state index contributed by atoms with van der Waals surface area (Å²) in [5.74, 6) is 0. The van der Waals surface area contributed by atoms with Crippen LogP contribution >= 0.6 is 15.9 Å². The van der Waals surface area contributed by atoms with Crippen molar-refractivity contribution in [2.45, 2.75) is 49.8 Å². The van der Waals surface area contributed by atoms with Crippen LogP contribution in [0.5, 0.6) is 0 Å². The Labute approximate surface area is 111 Å². The van der Waals surface area contributed by atoms with Crippen molar-refractivity contribution in [1.82, 2.24) is 5.32 Å². The highest BCUT2D eigenvalue weighted by molar-refractivity contribution is 9.10. The number of aliphatic hydroxyl groups is 1. The van der Waals surface area contributed by atoms with Gasteiger partial charge < -0.3 is 10.4 Å². The number of rotatable bonds is 2. The van der Waals surface area contributed by atoms with Crippen molar-refractivity contribution in [2.75, 3.05) is 0 Å². The molecule has 0 spiro atoms. The average molecular weight is 296 g/mol. The van der Waals surface area contributed by atoms with E-state index < -0.39 is 5.60 Å². The molecule has 2 saturated heterocycles. The Kier molecular flexibility index (Phi) is 3.01. The zero-order valence-corrected chi connectivity index (χ0v) is 11.4. The SMILES string of the molecule is OC1(Cc2ccccc2Br)CC2CCC(C1)N2. The van der Waals surface area contributed by atoms with Crippen LogP contribution < -0.4 is 5.32 Å². The second-order valence-electron chi connectivity index (χ2n) is 5.54. The largest absolute Gasteiger partial charge is 0.389 e. The molecule has 2 aliphatic rings. The van der Waals surface area contributed by atoms with Crippen LogP contribution in [0.1, 0.15) is 31.2 Å². The molecule has 2 nitrogen and oxygen atoms in total. The van der Waals surface area contributed by atoms with Crippen molar-refractivity contribution in [2.24, 2.45) is 0 Å². The maximum absolute atomic E-state index is 10.8. The summed E-state index contributed by atoms with van der Waals surface area (Å²) in [6.45, 7) is 0. The molecular formula is C14H18BrNO. The molecule has 0 aromatic heterocycles. The summed E-state index contributed by atoms with van der Waals surface area (Å²) in [5.41, 5.74) is 0.706. The van der Waals surface area contributed by atoms with E-state index >= 15 is 0 Å². The lowest BCUT2D eigenvalue weighted by atomic mass is 9.82. The lowest BCUT2D eigenvalue weighted by Gasteiger charge is -2.37. The highest BCUT2D eigenvalue weighted by Crippen LogP contribution is 2.37. The Balaban J connectivity index is 1.78. The molecule has 2 aliphatic heterocycles. The fourth-order valence-electron chi connectivity index (χ4n) is 3.37. The standard InChI is InChI=1S/C14H18BrNO/c15-13-4-2-1-3-10(13)7-14(17)8-11-5-6-12(9-14)16-11/h1-4,11-12,16-17H,5-9H2. The topological polar surface area (TPSA) is 32.3 Å². The molecule has 1 aromatic carbocycles. The molecular weight excluding hydrogens is 278 g/mol. The second-order valence-corrected chi connectivity index (χ2v) is 6.39. The lowest BCUT2D eigenvalue weighted by Crippen LogP contribution is -2.49. The van der Waals surface area contributed by atoms with E-state index in [0.29, 0.717) is 12.1 Å². The first-order chi connectivity index (χ1) is 8.15. The number of hydrogen-bond donors (Lipinski definition) is 2. The van der Waals surface area contributed by atoms with E-state index in [1.165, 1.54) is 18.4 Å². The van der Waals surface area contributed by atoms with E-state index in [2.05, 4.69) is 27.3 Å². The van der Waals surface area contributed by atoms with Crippen molar-refractivity contribution in [1.29, 1.82) is 0 Å². The maximum Gasteiger partial charge on any atom is 0.0718 e. The molecule has 2 unspecified atom stereocenters. The molecule has 2 bridgehead atoms. The van der Waals surface area contributed by atoms with Crippen molar-refractivity contribution < 1.29 is 5.11 Å². The summed E-state index contributed by atoms with van der Waals surface area (Å²) < 4.78 is 1.11. The average Bonchev–Trinajstić information content (AvgIpc) is 2.62. The van der Waals surface area contributed by atoms with Gasteiger partial charge in [-0.3, -0.25) is 0 Å². The van der Waals surface area contributed by atoms with Crippen LogP contribution in [0.4, 0.5) is 0 Å². The molecule has 2 fully saturated rings. The van der Waals surface area contributed by atoms with Crippen molar-refractivity contribution in [3.05, 3.63) is 34.3 Å². The van der Waals surface area contributed by atoms with Crippen LogP contribution in [0.15, 0.2) is 28.7 Å². The molecule has 3 rings (SSSR count). The van der Waals surface area contributed by atoms with E-state index in [1.54, 1.807) is 0 Å². The fraction of sp³-hybridized carbons (Fsp3) is 0.571. The van der Waals surface area contributed by atoms with Gasteiger partial charge in [-0.15, -0.1) is 0 Å². The highest BCUT2D eigenvalue weighted by atomic mass is 79.9. The molecule has 0 aliphatic carbocycles.